The lowest BCUT2D eigenvalue weighted by molar-refractivity contribution is -0.115. The van der Waals surface area contributed by atoms with Gasteiger partial charge in [0.1, 0.15) is 6.29 Å². The number of ketones is 1. The van der Waals surface area contributed by atoms with Crippen molar-refractivity contribution < 1.29 is 9.59 Å². The zero-order valence-corrected chi connectivity index (χ0v) is 7.62. The number of aldehydes is 1. The first kappa shape index (κ1) is 9.65. The van der Waals surface area contributed by atoms with Gasteiger partial charge in [-0.25, -0.2) is 0 Å². The molecule has 0 spiro atoms. The largest absolute Gasteiger partial charge is 0.298 e. The van der Waals surface area contributed by atoms with E-state index in [1.165, 1.54) is 0 Å². The molecule has 2 nitrogen and oxygen atoms in total. The summed E-state index contributed by atoms with van der Waals surface area (Å²) in [5.74, 6) is 0.106. The van der Waals surface area contributed by atoms with Crippen LogP contribution in [-0.2, 0) is 9.59 Å². The highest BCUT2D eigenvalue weighted by Crippen LogP contribution is 2.20. The summed E-state index contributed by atoms with van der Waals surface area (Å²) in [6.07, 6.45) is 6.09. The first-order chi connectivity index (χ1) is 6.19. The lowest BCUT2D eigenvalue weighted by Crippen LogP contribution is -2.12. The smallest absolute Gasteiger partial charge is 0.163 e. The van der Waals surface area contributed by atoms with Crippen LogP contribution in [0.25, 0.3) is 0 Å². The average Bonchev–Trinajstić information content (AvgIpc) is 2.17. The lowest BCUT2D eigenvalue weighted by Gasteiger charge is -2.13. The zero-order chi connectivity index (χ0) is 9.84. The molecule has 0 aliphatic heterocycles. The molecule has 68 valence electrons. The Balaban J connectivity index is 2.97. The van der Waals surface area contributed by atoms with Gasteiger partial charge in [-0.3, -0.25) is 9.59 Å². The predicted octanol–water partition coefficient (Wildman–Crippen LogP) is 1.83. The van der Waals surface area contributed by atoms with E-state index in [0.29, 0.717) is 17.6 Å². The van der Waals surface area contributed by atoms with Gasteiger partial charge in [-0.05, 0) is 6.08 Å². The molecule has 0 saturated heterocycles. The lowest BCUT2D eigenvalue weighted by atomic mass is 9.90. The van der Waals surface area contributed by atoms with Gasteiger partial charge in [0.2, 0.25) is 0 Å². The van der Waals surface area contributed by atoms with E-state index >= 15 is 0 Å². The van der Waals surface area contributed by atoms with Crippen molar-refractivity contribution in [3.63, 3.8) is 0 Å². The van der Waals surface area contributed by atoms with Crippen molar-refractivity contribution in [1.82, 2.24) is 0 Å². The molecule has 0 saturated carbocycles. The van der Waals surface area contributed by atoms with Gasteiger partial charge in [0.05, 0.1) is 0 Å². The monoisotopic (exact) mass is 176 g/mol. The van der Waals surface area contributed by atoms with Gasteiger partial charge in [0.15, 0.2) is 5.78 Å². The van der Waals surface area contributed by atoms with Crippen LogP contribution >= 0.6 is 0 Å². The van der Waals surface area contributed by atoms with Crippen LogP contribution in [0.3, 0.4) is 0 Å². The molecule has 0 N–H and O–H groups in total. The highest BCUT2D eigenvalue weighted by atomic mass is 16.1. The van der Waals surface area contributed by atoms with E-state index in [-0.39, 0.29) is 11.7 Å². The predicted molar refractivity (Wildman–Crippen MR) is 51.2 cm³/mol. The number of hydrogen-bond acceptors (Lipinski definition) is 2. The van der Waals surface area contributed by atoms with Gasteiger partial charge in [-0.2, -0.15) is 0 Å². The van der Waals surface area contributed by atoms with Crippen LogP contribution in [0.4, 0.5) is 0 Å². The molecule has 0 fully saturated rings. The molecule has 0 aromatic carbocycles. The molecule has 1 atom stereocenters. The maximum absolute atomic E-state index is 11.4. The second-order valence-electron chi connectivity index (χ2n) is 3.07. The maximum atomic E-state index is 11.4. The normalized spacial score (nSPS) is 18.7. The number of carbonyl (C=O) groups excluding carboxylic acids is 2. The summed E-state index contributed by atoms with van der Waals surface area (Å²) in [5.41, 5.74) is 1.27. The molecule has 0 bridgehead atoms. The van der Waals surface area contributed by atoms with Gasteiger partial charge < -0.3 is 0 Å². The van der Waals surface area contributed by atoms with E-state index in [9.17, 15) is 9.59 Å². The average molecular weight is 176 g/mol. The molecule has 1 rings (SSSR count). The number of rotatable bonds is 3. The molecule has 13 heavy (non-hydrogen) atoms. The van der Waals surface area contributed by atoms with Crippen LogP contribution < -0.4 is 0 Å². The van der Waals surface area contributed by atoms with E-state index in [2.05, 4.69) is 6.58 Å². The highest BCUT2D eigenvalue weighted by molar-refractivity contribution is 6.01. The van der Waals surface area contributed by atoms with E-state index in [1.807, 2.05) is 6.92 Å². The number of carbonyl (C=O) groups is 2. The number of allylic oxidation sites excluding steroid dienone is 5. The minimum absolute atomic E-state index is 0.0242. The van der Waals surface area contributed by atoms with Crippen molar-refractivity contribution in [1.29, 1.82) is 0 Å². The van der Waals surface area contributed by atoms with Gasteiger partial charge in [-0.15, -0.1) is 6.58 Å². The van der Waals surface area contributed by atoms with Crippen LogP contribution in [0.5, 0.6) is 0 Å². The van der Waals surface area contributed by atoms with Gasteiger partial charge in [0.25, 0.3) is 0 Å². The summed E-state index contributed by atoms with van der Waals surface area (Å²) in [6.45, 7) is 5.51. The third-order valence-corrected chi connectivity index (χ3v) is 2.15. The van der Waals surface area contributed by atoms with E-state index in [0.717, 1.165) is 6.29 Å². The van der Waals surface area contributed by atoms with Crippen molar-refractivity contribution in [2.75, 3.05) is 0 Å². The summed E-state index contributed by atoms with van der Waals surface area (Å²) in [6, 6.07) is 0. The van der Waals surface area contributed by atoms with Gasteiger partial charge in [-0.1, -0.05) is 19.1 Å². The summed E-state index contributed by atoms with van der Waals surface area (Å²) in [4.78, 5) is 21.9. The van der Waals surface area contributed by atoms with E-state index < -0.39 is 0 Å². The Labute approximate surface area is 77.6 Å². The third-order valence-electron chi connectivity index (χ3n) is 2.15. The fourth-order valence-electron chi connectivity index (χ4n) is 1.24. The van der Waals surface area contributed by atoms with Crippen molar-refractivity contribution in [2.24, 2.45) is 5.92 Å². The molecule has 0 heterocycles. The van der Waals surface area contributed by atoms with Crippen LogP contribution in [-0.4, -0.2) is 12.1 Å². The summed E-state index contributed by atoms with van der Waals surface area (Å²) in [7, 11) is 0. The summed E-state index contributed by atoms with van der Waals surface area (Å²) in [5, 5.41) is 0. The van der Waals surface area contributed by atoms with Crippen LogP contribution in [0.1, 0.15) is 13.3 Å². The first-order valence-electron chi connectivity index (χ1n) is 4.21. The second-order valence-corrected chi connectivity index (χ2v) is 3.07. The van der Waals surface area contributed by atoms with Crippen molar-refractivity contribution >= 4 is 12.1 Å². The molecule has 1 aliphatic rings. The first-order valence-corrected chi connectivity index (χ1v) is 4.21. The number of hydrogen-bond donors (Lipinski definition) is 0. The Morgan fingerprint density at radius 3 is 2.85 bits per heavy atom. The second kappa shape index (κ2) is 3.99. The summed E-state index contributed by atoms with van der Waals surface area (Å²) < 4.78 is 0. The Bertz CT molecular complexity index is 308. The summed E-state index contributed by atoms with van der Waals surface area (Å²) >= 11 is 0. The van der Waals surface area contributed by atoms with Crippen molar-refractivity contribution in [3.8, 4) is 0 Å². The number of Topliss-reactive ketones (excluding diaryl/α,β-unsaturated/α-hetero) is 1. The molecule has 1 unspecified atom stereocenters. The van der Waals surface area contributed by atoms with Crippen molar-refractivity contribution in [2.45, 2.75) is 13.3 Å². The Hall–Kier alpha value is -1.44. The molecule has 0 aromatic heterocycles. The fourth-order valence-corrected chi connectivity index (χ4v) is 1.24. The third kappa shape index (κ3) is 2.02. The molecular formula is C11H12O2. The Kier molecular flexibility index (Phi) is 2.96. The maximum Gasteiger partial charge on any atom is 0.163 e. The molecule has 1 aliphatic carbocycles. The topological polar surface area (TPSA) is 34.1 Å². The SMILES string of the molecule is C=CC(C)C1=CC(C=O)=CCC1=O. The van der Waals surface area contributed by atoms with Crippen LogP contribution in [0.15, 0.2) is 36.0 Å². The fraction of sp³-hybridized carbons (Fsp3) is 0.273. The minimum atomic E-state index is 0.0242. The Morgan fingerprint density at radius 1 is 1.62 bits per heavy atom. The highest BCUT2D eigenvalue weighted by Gasteiger charge is 2.17. The van der Waals surface area contributed by atoms with Gasteiger partial charge >= 0.3 is 0 Å². The van der Waals surface area contributed by atoms with Crippen LogP contribution in [0.2, 0.25) is 0 Å². The molecule has 0 radical (unpaired) electrons. The van der Waals surface area contributed by atoms with Crippen LogP contribution in [0, 0.1) is 5.92 Å². The zero-order valence-electron chi connectivity index (χ0n) is 7.62. The van der Waals surface area contributed by atoms with E-state index in [4.69, 9.17) is 0 Å². The quantitative estimate of drug-likeness (QED) is 0.485. The van der Waals surface area contributed by atoms with Crippen molar-refractivity contribution in [3.05, 3.63) is 36.0 Å². The van der Waals surface area contributed by atoms with E-state index in [1.54, 1.807) is 18.2 Å². The van der Waals surface area contributed by atoms with Gasteiger partial charge in [0, 0.05) is 23.5 Å². The minimum Gasteiger partial charge on any atom is -0.298 e. The molecule has 0 aromatic rings. The standard InChI is InChI=1S/C11H12O2/c1-3-8(2)10-6-9(7-12)4-5-11(10)13/h3-4,6-8H,1,5H2,2H3. The Morgan fingerprint density at radius 2 is 2.31 bits per heavy atom. The molecule has 0 amide bonds. The molecule has 2 heteroatoms. The molecular weight excluding hydrogens is 164 g/mol.